The van der Waals surface area contributed by atoms with E-state index in [1.807, 2.05) is 13.0 Å². The van der Waals surface area contributed by atoms with Crippen LogP contribution in [0, 0.1) is 5.92 Å². The zero-order valence-corrected chi connectivity index (χ0v) is 13.6. The van der Waals surface area contributed by atoms with Crippen LogP contribution in [0.2, 0.25) is 0 Å². The third kappa shape index (κ3) is 4.63. The summed E-state index contributed by atoms with van der Waals surface area (Å²) in [6, 6.07) is 4.98. The largest absolute Gasteiger partial charge is 0.492 e. The number of amides is 1. The highest BCUT2D eigenvalue weighted by molar-refractivity contribution is 5.95. The molecule has 0 spiro atoms. The smallest absolute Gasteiger partial charge is 0.252 e. The standard InChI is InChI=1S/C17H24N4O2/c1-2-15(20-21-19)13-8-9-16(14(10-13)17(18)22)23-11-12-6-4-3-5-7-12/h8-10,12,15H,2-7,11H2,1H3,(H2,18,22). The van der Waals surface area contributed by atoms with Crippen LogP contribution in [0.4, 0.5) is 0 Å². The fourth-order valence-electron chi connectivity index (χ4n) is 3.08. The summed E-state index contributed by atoms with van der Waals surface area (Å²) in [6.45, 7) is 2.55. The number of nitrogens with two attached hydrogens (primary N) is 1. The number of nitrogens with zero attached hydrogens (tertiary/aromatic N) is 3. The second kappa shape index (κ2) is 8.44. The minimum absolute atomic E-state index is 0.300. The summed E-state index contributed by atoms with van der Waals surface area (Å²) in [5, 5.41) is 3.75. The first-order valence-electron chi connectivity index (χ1n) is 8.26. The van der Waals surface area contributed by atoms with Crippen LogP contribution in [-0.4, -0.2) is 12.5 Å². The first-order chi connectivity index (χ1) is 11.2. The van der Waals surface area contributed by atoms with E-state index >= 15 is 0 Å². The number of ether oxygens (including phenoxy) is 1. The number of benzene rings is 1. The van der Waals surface area contributed by atoms with E-state index in [2.05, 4.69) is 10.0 Å². The van der Waals surface area contributed by atoms with Crippen LogP contribution in [0.15, 0.2) is 23.3 Å². The summed E-state index contributed by atoms with van der Waals surface area (Å²) in [5.74, 6) is 0.541. The van der Waals surface area contributed by atoms with Gasteiger partial charge < -0.3 is 10.5 Å². The Kier molecular flexibility index (Phi) is 6.29. The lowest BCUT2D eigenvalue weighted by Crippen LogP contribution is -2.18. The molecular weight excluding hydrogens is 292 g/mol. The summed E-state index contributed by atoms with van der Waals surface area (Å²) in [6.07, 6.45) is 6.82. The van der Waals surface area contributed by atoms with Crippen molar-refractivity contribution in [3.8, 4) is 5.75 Å². The Morgan fingerprint density at radius 2 is 2.17 bits per heavy atom. The van der Waals surface area contributed by atoms with Crippen molar-refractivity contribution in [2.24, 2.45) is 16.8 Å². The molecule has 0 bridgehead atoms. The zero-order chi connectivity index (χ0) is 16.7. The predicted octanol–water partition coefficient (Wildman–Crippen LogP) is 4.51. The highest BCUT2D eigenvalue weighted by Gasteiger charge is 2.18. The van der Waals surface area contributed by atoms with Gasteiger partial charge in [0, 0.05) is 4.91 Å². The Morgan fingerprint density at radius 3 is 2.78 bits per heavy atom. The molecule has 6 heteroatoms. The number of carbonyl (C=O) groups excluding carboxylic acids is 1. The van der Waals surface area contributed by atoms with Crippen LogP contribution in [0.5, 0.6) is 5.75 Å². The van der Waals surface area contributed by atoms with Crippen molar-refractivity contribution in [2.45, 2.75) is 51.5 Å². The first kappa shape index (κ1) is 17.2. The molecule has 23 heavy (non-hydrogen) atoms. The summed E-state index contributed by atoms with van der Waals surface area (Å²) < 4.78 is 5.86. The van der Waals surface area contributed by atoms with Gasteiger partial charge >= 0.3 is 0 Å². The average molecular weight is 316 g/mol. The molecule has 1 aliphatic carbocycles. The summed E-state index contributed by atoms with van der Waals surface area (Å²) in [4.78, 5) is 14.6. The normalized spacial score (nSPS) is 16.4. The van der Waals surface area contributed by atoms with E-state index in [9.17, 15) is 4.79 Å². The number of hydrogen-bond acceptors (Lipinski definition) is 3. The zero-order valence-electron chi connectivity index (χ0n) is 13.6. The van der Waals surface area contributed by atoms with Crippen LogP contribution in [0.3, 0.4) is 0 Å². The van der Waals surface area contributed by atoms with E-state index in [1.54, 1.807) is 12.1 Å². The van der Waals surface area contributed by atoms with Gasteiger partial charge in [0.1, 0.15) is 5.75 Å². The summed E-state index contributed by atoms with van der Waals surface area (Å²) in [5.41, 5.74) is 15.3. The van der Waals surface area contributed by atoms with Gasteiger partial charge in [-0.3, -0.25) is 4.79 Å². The molecule has 1 atom stereocenters. The molecule has 1 aromatic carbocycles. The molecule has 1 aliphatic rings. The molecule has 1 fully saturated rings. The molecule has 0 radical (unpaired) electrons. The molecule has 1 amide bonds. The molecule has 2 N–H and O–H groups in total. The molecular formula is C17H24N4O2. The molecule has 1 saturated carbocycles. The lowest BCUT2D eigenvalue weighted by Gasteiger charge is -2.22. The third-order valence-corrected chi connectivity index (χ3v) is 4.43. The van der Waals surface area contributed by atoms with Crippen molar-refractivity contribution < 1.29 is 9.53 Å². The minimum atomic E-state index is -0.527. The Hall–Kier alpha value is -2.20. The van der Waals surface area contributed by atoms with Crippen LogP contribution in [0.1, 0.15) is 67.4 Å². The molecule has 0 aromatic heterocycles. The maximum Gasteiger partial charge on any atom is 0.252 e. The van der Waals surface area contributed by atoms with Crippen LogP contribution in [0.25, 0.3) is 10.4 Å². The average Bonchev–Trinajstić information content (AvgIpc) is 2.58. The molecule has 0 aliphatic heterocycles. The van der Waals surface area contributed by atoms with Crippen LogP contribution in [-0.2, 0) is 0 Å². The van der Waals surface area contributed by atoms with E-state index in [-0.39, 0.29) is 6.04 Å². The molecule has 1 aromatic rings. The molecule has 2 rings (SSSR count). The maximum atomic E-state index is 11.7. The topological polar surface area (TPSA) is 101 Å². The minimum Gasteiger partial charge on any atom is -0.492 e. The summed E-state index contributed by atoms with van der Waals surface area (Å²) in [7, 11) is 0. The van der Waals surface area contributed by atoms with Crippen LogP contribution < -0.4 is 10.5 Å². The van der Waals surface area contributed by atoms with Gasteiger partial charge in [0.05, 0.1) is 18.2 Å². The molecule has 124 valence electrons. The number of carbonyl (C=O) groups is 1. The van der Waals surface area contributed by atoms with Gasteiger partial charge in [0.2, 0.25) is 0 Å². The van der Waals surface area contributed by atoms with Crippen molar-refractivity contribution in [3.05, 3.63) is 39.8 Å². The second-order valence-electron chi connectivity index (χ2n) is 6.06. The third-order valence-electron chi connectivity index (χ3n) is 4.43. The van der Waals surface area contributed by atoms with Gasteiger partial charge in [-0.2, -0.15) is 0 Å². The van der Waals surface area contributed by atoms with E-state index in [0.29, 0.717) is 30.3 Å². The van der Waals surface area contributed by atoms with Gasteiger partial charge in [0.15, 0.2) is 0 Å². The van der Waals surface area contributed by atoms with Gasteiger partial charge in [-0.05, 0) is 48.4 Å². The molecule has 0 saturated heterocycles. The van der Waals surface area contributed by atoms with Gasteiger partial charge in [0.25, 0.3) is 5.91 Å². The Balaban J connectivity index is 2.15. The first-order valence-corrected chi connectivity index (χ1v) is 8.26. The van der Waals surface area contributed by atoms with Gasteiger partial charge in [-0.25, -0.2) is 0 Å². The van der Waals surface area contributed by atoms with Crippen molar-refractivity contribution in [3.63, 3.8) is 0 Å². The Labute approximate surface area is 136 Å². The molecule has 0 heterocycles. The lowest BCUT2D eigenvalue weighted by atomic mass is 9.90. The predicted molar refractivity (Wildman–Crippen MR) is 89.2 cm³/mol. The highest BCUT2D eigenvalue weighted by Crippen LogP contribution is 2.29. The fraction of sp³-hybridized carbons (Fsp3) is 0.588. The van der Waals surface area contributed by atoms with E-state index in [4.69, 9.17) is 16.0 Å². The maximum absolute atomic E-state index is 11.7. The van der Waals surface area contributed by atoms with Gasteiger partial charge in [-0.15, -0.1) is 0 Å². The van der Waals surface area contributed by atoms with Crippen LogP contribution >= 0.6 is 0 Å². The molecule has 1 unspecified atom stereocenters. The van der Waals surface area contributed by atoms with E-state index < -0.39 is 5.91 Å². The Bertz CT molecular complexity index is 590. The van der Waals surface area contributed by atoms with E-state index in [0.717, 1.165) is 5.56 Å². The lowest BCUT2D eigenvalue weighted by molar-refractivity contribution is 0.0994. The van der Waals surface area contributed by atoms with Gasteiger partial charge in [-0.1, -0.05) is 37.4 Å². The van der Waals surface area contributed by atoms with Crippen molar-refractivity contribution >= 4 is 5.91 Å². The SMILES string of the molecule is CCC(N=[N+]=[N-])c1ccc(OCC2CCCCC2)c(C(N)=O)c1. The van der Waals surface area contributed by atoms with E-state index in [1.165, 1.54) is 32.1 Å². The molecule has 6 nitrogen and oxygen atoms in total. The second-order valence-corrected chi connectivity index (χ2v) is 6.06. The highest BCUT2D eigenvalue weighted by atomic mass is 16.5. The van der Waals surface area contributed by atoms with Crippen molar-refractivity contribution in [1.82, 2.24) is 0 Å². The number of hydrogen-bond donors (Lipinski definition) is 1. The Morgan fingerprint density at radius 1 is 1.43 bits per heavy atom. The summed E-state index contributed by atoms with van der Waals surface area (Å²) >= 11 is 0. The number of rotatable bonds is 7. The quantitative estimate of drug-likeness (QED) is 0.454. The fourth-order valence-corrected chi connectivity index (χ4v) is 3.08. The number of azide groups is 1. The number of primary amides is 1. The van der Waals surface area contributed by atoms with Crippen molar-refractivity contribution in [1.29, 1.82) is 0 Å². The van der Waals surface area contributed by atoms with Crippen molar-refractivity contribution in [2.75, 3.05) is 6.61 Å². The monoisotopic (exact) mass is 316 g/mol.